The Bertz CT molecular complexity index is 857. The van der Waals surface area contributed by atoms with Gasteiger partial charge in [-0.2, -0.15) is 0 Å². The number of imidazole rings is 1. The lowest BCUT2D eigenvalue weighted by molar-refractivity contribution is 1.19. The van der Waals surface area contributed by atoms with Gasteiger partial charge in [0.1, 0.15) is 16.8 Å². The molecule has 0 aliphatic rings. The van der Waals surface area contributed by atoms with Crippen LogP contribution in [0.5, 0.6) is 0 Å². The fraction of sp³-hybridized carbons (Fsp3) is 0. The highest BCUT2D eigenvalue weighted by Gasteiger charge is 2.10. The first kappa shape index (κ1) is 9.24. The van der Waals surface area contributed by atoms with Crippen molar-refractivity contribution in [3.63, 3.8) is 0 Å². The van der Waals surface area contributed by atoms with Gasteiger partial charge in [-0.15, -0.1) is 0 Å². The van der Waals surface area contributed by atoms with Crippen molar-refractivity contribution in [2.45, 2.75) is 0 Å². The number of H-pyrrole nitrogens is 1. The van der Waals surface area contributed by atoms with Crippen molar-refractivity contribution in [3.05, 3.63) is 47.1 Å². The number of aromatic amines is 1. The molecule has 4 rings (SSSR count). The molecule has 0 radical (unpaired) electrons. The third kappa shape index (κ3) is 1.18. The standard InChI is InChI=1S/C13H8BrN3/c14-8-5-6-17-11(7-8)16-12-9-3-1-2-4-10(9)15-13(12)17/h1-7,15H. The predicted octanol–water partition coefficient (Wildman–Crippen LogP) is 3.73. The summed E-state index contributed by atoms with van der Waals surface area (Å²) >= 11 is 3.46. The molecule has 0 aliphatic heterocycles. The van der Waals surface area contributed by atoms with Crippen LogP contribution in [0.1, 0.15) is 0 Å². The topological polar surface area (TPSA) is 33.1 Å². The monoisotopic (exact) mass is 285 g/mol. The highest BCUT2D eigenvalue weighted by molar-refractivity contribution is 9.10. The van der Waals surface area contributed by atoms with Crippen molar-refractivity contribution in [3.8, 4) is 0 Å². The molecule has 3 aromatic heterocycles. The molecule has 0 saturated carbocycles. The van der Waals surface area contributed by atoms with Gasteiger partial charge in [0.2, 0.25) is 0 Å². The molecule has 0 atom stereocenters. The summed E-state index contributed by atoms with van der Waals surface area (Å²) in [6, 6.07) is 12.3. The summed E-state index contributed by atoms with van der Waals surface area (Å²) in [7, 11) is 0. The van der Waals surface area contributed by atoms with Crippen molar-refractivity contribution in [2.24, 2.45) is 0 Å². The van der Waals surface area contributed by atoms with Gasteiger partial charge in [0.15, 0.2) is 0 Å². The second-order valence-electron chi connectivity index (χ2n) is 4.05. The average molecular weight is 286 g/mol. The van der Waals surface area contributed by atoms with Crippen LogP contribution in [-0.2, 0) is 0 Å². The molecule has 0 aliphatic carbocycles. The molecule has 0 unspecified atom stereocenters. The molecule has 0 saturated heterocycles. The van der Waals surface area contributed by atoms with Gasteiger partial charge in [-0.05, 0) is 18.2 Å². The number of halogens is 1. The Morgan fingerprint density at radius 1 is 1.18 bits per heavy atom. The molecular weight excluding hydrogens is 278 g/mol. The zero-order valence-electron chi connectivity index (χ0n) is 8.81. The third-order valence-corrected chi connectivity index (χ3v) is 3.52. The molecule has 1 N–H and O–H groups in total. The van der Waals surface area contributed by atoms with Gasteiger partial charge in [-0.3, -0.25) is 4.40 Å². The Balaban J connectivity index is 2.29. The maximum absolute atomic E-state index is 4.67. The minimum absolute atomic E-state index is 0.950. The van der Waals surface area contributed by atoms with Crippen LogP contribution in [0.15, 0.2) is 47.1 Å². The first-order chi connectivity index (χ1) is 8.33. The minimum Gasteiger partial charge on any atom is -0.339 e. The van der Waals surface area contributed by atoms with Gasteiger partial charge in [0.25, 0.3) is 0 Å². The second-order valence-corrected chi connectivity index (χ2v) is 4.97. The maximum Gasteiger partial charge on any atom is 0.143 e. The van der Waals surface area contributed by atoms with Gasteiger partial charge in [0.05, 0.1) is 0 Å². The van der Waals surface area contributed by atoms with Crippen molar-refractivity contribution >= 4 is 43.6 Å². The number of hydrogen-bond acceptors (Lipinski definition) is 1. The van der Waals surface area contributed by atoms with Gasteiger partial charge in [-0.25, -0.2) is 4.98 Å². The van der Waals surface area contributed by atoms with E-state index in [4.69, 9.17) is 0 Å². The molecule has 0 bridgehead atoms. The van der Waals surface area contributed by atoms with Crippen LogP contribution >= 0.6 is 15.9 Å². The van der Waals surface area contributed by atoms with Crippen molar-refractivity contribution in [1.82, 2.24) is 14.4 Å². The highest BCUT2D eigenvalue weighted by Crippen LogP contribution is 2.26. The van der Waals surface area contributed by atoms with E-state index in [2.05, 4.69) is 42.4 Å². The number of aromatic nitrogens is 3. The van der Waals surface area contributed by atoms with Gasteiger partial charge in [0, 0.05) is 21.6 Å². The summed E-state index contributed by atoms with van der Waals surface area (Å²) in [6.45, 7) is 0. The number of hydrogen-bond donors (Lipinski definition) is 1. The quantitative estimate of drug-likeness (QED) is 0.525. The summed E-state index contributed by atoms with van der Waals surface area (Å²) in [4.78, 5) is 8.07. The number of fused-ring (bicyclic) bond motifs is 5. The lowest BCUT2D eigenvalue weighted by Crippen LogP contribution is -1.83. The molecule has 0 fully saturated rings. The molecule has 1 aromatic carbocycles. The van der Waals surface area contributed by atoms with Crippen LogP contribution in [0.4, 0.5) is 0 Å². The Kier molecular flexibility index (Phi) is 1.69. The molecular formula is C13H8BrN3. The highest BCUT2D eigenvalue weighted by atomic mass is 79.9. The lowest BCUT2D eigenvalue weighted by Gasteiger charge is -1.94. The Morgan fingerprint density at radius 2 is 2.06 bits per heavy atom. The first-order valence-electron chi connectivity index (χ1n) is 5.37. The third-order valence-electron chi connectivity index (χ3n) is 3.02. The Hall–Kier alpha value is -1.81. The van der Waals surface area contributed by atoms with E-state index in [1.807, 2.05) is 30.5 Å². The van der Waals surface area contributed by atoms with Crippen LogP contribution in [0, 0.1) is 0 Å². The molecule has 4 heteroatoms. The summed E-state index contributed by atoms with van der Waals surface area (Å²) in [5, 5.41) is 1.17. The maximum atomic E-state index is 4.67. The van der Waals surface area contributed by atoms with E-state index >= 15 is 0 Å². The number of nitrogens with one attached hydrogen (secondary N) is 1. The fourth-order valence-electron chi connectivity index (χ4n) is 2.25. The summed E-state index contributed by atoms with van der Waals surface area (Å²) in [6.07, 6.45) is 2.02. The average Bonchev–Trinajstić information content (AvgIpc) is 2.84. The second kappa shape index (κ2) is 3.11. The molecule has 17 heavy (non-hydrogen) atoms. The van der Waals surface area contributed by atoms with E-state index in [1.54, 1.807) is 0 Å². The SMILES string of the molecule is Brc1ccn2c(c1)nc1c3ccccc3[nH]c12. The van der Waals surface area contributed by atoms with E-state index in [9.17, 15) is 0 Å². The van der Waals surface area contributed by atoms with E-state index in [1.165, 1.54) is 5.39 Å². The summed E-state index contributed by atoms with van der Waals surface area (Å²) < 4.78 is 3.11. The lowest BCUT2D eigenvalue weighted by atomic mass is 10.2. The van der Waals surface area contributed by atoms with E-state index in [-0.39, 0.29) is 0 Å². The van der Waals surface area contributed by atoms with Gasteiger partial charge < -0.3 is 4.98 Å². The zero-order chi connectivity index (χ0) is 11.4. The molecule has 3 nitrogen and oxygen atoms in total. The van der Waals surface area contributed by atoms with Crippen LogP contribution in [0.25, 0.3) is 27.7 Å². The van der Waals surface area contributed by atoms with Gasteiger partial charge >= 0.3 is 0 Å². The number of pyridine rings is 1. The van der Waals surface area contributed by atoms with E-state index < -0.39 is 0 Å². The van der Waals surface area contributed by atoms with Gasteiger partial charge in [-0.1, -0.05) is 34.1 Å². The van der Waals surface area contributed by atoms with Crippen LogP contribution in [0.2, 0.25) is 0 Å². The van der Waals surface area contributed by atoms with Crippen molar-refractivity contribution < 1.29 is 0 Å². The van der Waals surface area contributed by atoms with E-state index in [0.717, 1.165) is 26.8 Å². The zero-order valence-corrected chi connectivity index (χ0v) is 10.4. The number of para-hydroxylation sites is 1. The predicted molar refractivity (Wildman–Crippen MR) is 72.3 cm³/mol. The largest absolute Gasteiger partial charge is 0.339 e. The number of nitrogens with zero attached hydrogens (tertiary/aromatic N) is 2. The van der Waals surface area contributed by atoms with E-state index in [0.29, 0.717) is 0 Å². The summed E-state index contributed by atoms with van der Waals surface area (Å²) in [5.74, 6) is 0. The smallest absolute Gasteiger partial charge is 0.143 e. The molecule has 4 aromatic rings. The fourth-order valence-corrected chi connectivity index (χ4v) is 2.58. The molecule has 0 spiro atoms. The molecule has 0 amide bonds. The normalized spacial score (nSPS) is 11.8. The van der Waals surface area contributed by atoms with Crippen LogP contribution in [-0.4, -0.2) is 14.4 Å². The molecule has 3 heterocycles. The van der Waals surface area contributed by atoms with Crippen LogP contribution in [0.3, 0.4) is 0 Å². The van der Waals surface area contributed by atoms with Crippen molar-refractivity contribution in [1.29, 1.82) is 0 Å². The first-order valence-corrected chi connectivity index (χ1v) is 6.16. The number of benzene rings is 1. The molecule has 82 valence electrons. The Labute approximate surface area is 105 Å². The van der Waals surface area contributed by atoms with Crippen molar-refractivity contribution in [2.75, 3.05) is 0 Å². The minimum atomic E-state index is 0.950. The summed E-state index contributed by atoms with van der Waals surface area (Å²) in [5.41, 5.74) is 4.15. The number of rotatable bonds is 0. The van der Waals surface area contributed by atoms with Crippen LogP contribution < -0.4 is 0 Å². The Morgan fingerprint density at radius 3 is 3.00 bits per heavy atom.